The van der Waals surface area contributed by atoms with Crippen LogP contribution in [-0.4, -0.2) is 37.7 Å². The molecular weight excluding hydrogens is 300 g/mol. The van der Waals surface area contributed by atoms with Gasteiger partial charge in [-0.3, -0.25) is 14.4 Å². The highest BCUT2D eigenvalue weighted by atomic mass is 16.6. The molecule has 0 atom stereocenters. The third kappa shape index (κ3) is 10.7. The summed E-state index contributed by atoms with van der Waals surface area (Å²) in [5.41, 5.74) is 0. The maximum absolute atomic E-state index is 11.8. The lowest BCUT2D eigenvalue weighted by atomic mass is 10.00. The summed E-state index contributed by atoms with van der Waals surface area (Å²) < 4.78 is 14.7. The molecule has 0 heterocycles. The van der Waals surface area contributed by atoms with Crippen molar-refractivity contribution >= 4 is 17.9 Å². The Bertz CT molecular complexity index is 335. The summed E-state index contributed by atoms with van der Waals surface area (Å²) in [5.74, 6) is -1.99. The molecule has 0 aromatic heterocycles. The van der Waals surface area contributed by atoms with Gasteiger partial charge in [-0.1, -0.05) is 25.7 Å². The molecule has 0 rings (SSSR count). The van der Waals surface area contributed by atoms with Gasteiger partial charge in [0.05, 0.1) is 19.8 Å². The molecular formula is C17H30O6. The van der Waals surface area contributed by atoms with E-state index in [0.717, 1.165) is 32.1 Å². The molecule has 0 fully saturated rings. The quantitative estimate of drug-likeness (QED) is 0.223. The number of carbonyl (C=O) groups excluding carboxylic acids is 3. The monoisotopic (exact) mass is 330 g/mol. The number of hydrogen-bond acceptors (Lipinski definition) is 6. The van der Waals surface area contributed by atoms with Crippen LogP contribution in [0.3, 0.4) is 0 Å². The van der Waals surface area contributed by atoms with E-state index in [2.05, 4.69) is 0 Å². The molecule has 0 saturated heterocycles. The van der Waals surface area contributed by atoms with Crippen LogP contribution in [0, 0.1) is 5.92 Å². The first-order valence-electron chi connectivity index (χ1n) is 8.55. The van der Waals surface area contributed by atoms with E-state index < -0.39 is 17.9 Å². The average molecular weight is 330 g/mol. The lowest BCUT2D eigenvalue weighted by molar-refractivity contribution is -0.162. The molecule has 0 bridgehead atoms. The van der Waals surface area contributed by atoms with Crippen molar-refractivity contribution < 1.29 is 28.6 Å². The Balaban J connectivity index is 3.92. The van der Waals surface area contributed by atoms with E-state index in [1.165, 1.54) is 0 Å². The summed E-state index contributed by atoms with van der Waals surface area (Å²) in [6.07, 6.45) is 5.23. The normalized spacial score (nSPS) is 10.4. The van der Waals surface area contributed by atoms with Crippen LogP contribution < -0.4 is 0 Å². The molecule has 134 valence electrons. The number of ether oxygens (including phenoxy) is 3. The SMILES string of the molecule is CCOC(=O)CCCCCCCC(C(=O)OCC)C(=O)OCC. The number of hydrogen-bond donors (Lipinski definition) is 0. The topological polar surface area (TPSA) is 78.9 Å². The minimum atomic E-state index is -0.825. The highest BCUT2D eigenvalue weighted by molar-refractivity contribution is 5.94. The van der Waals surface area contributed by atoms with Crippen LogP contribution in [0.1, 0.15) is 65.7 Å². The summed E-state index contributed by atoms with van der Waals surface area (Å²) in [6.45, 7) is 6.14. The van der Waals surface area contributed by atoms with Gasteiger partial charge in [0, 0.05) is 6.42 Å². The highest BCUT2D eigenvalue weighted by Gasteiger charge is 2.28. The number of rotatable bonds is 13. The summed E-state index contributed by atoms with van der Waals surface area (Å²) in [6, 6.07) is 0. The van der Waals surface area contributed by atoms with Gasteiger partial charge in [0.25, 0.3) is 0 Å². The third-order valence-electron chi connectivity index (χ3n) is 3.32. The zero-order valence-corrected chi connectivity index (χ0v) is 14.6. The lowest BCUT2D eigenvalue weighted by Gasteiger charge is -2.14. The second-order valence-corrected chi connectivity index (χ2v) is 5.17. The molecule has 0 aliphatic heterocycles. The molecule has 0 aliphatic rings. The smallest absolute Gasteiger partial charge is 0.320 e. The van der Waals surface area contributed by atoms with Crippen LogP contribution in [-0.2, 0) is 28.6 Å². The van der Waals surface area contributed by atoms with E-state index in [1.807, 2.05) is 0 Å². The van der Waals surface area contributed by atoms with Crippen molar-refractivity contribution in [2.75, 3.05) is 19.8 Å². The molecule has 6 nitrogen and oxygen atoms in total. The minimum Gasteiger partial charge on any atom is -0.466 e. The van der Waals surface area contributed by atoms with Crippen LogP contribution in [0.25, 0.3) is 0 Å². The van der Waals surface area contributed by atoms with Crippen molar-refractivity contribution in [1.29, 1.82) is 0 Å². The maximum atomic E-state index is 11.8. The Morgan fingerprint density at radius 3 is 1.70 bits per heavy atom. The van der Waals surface area contributed by atoms with Gasteiger partial charge in [0.15, 0.2) is 5.92 Å². The highest BCUT2D eigenvalue weighted by Crippen LogP contribution is 2.16. The fraction of sp³-hybridized carbons (Fsp3) is 0.824. The molecule has 0 unspecified atom stereocenters. The zero-order valence-electron chi connectivity index (χ0n) is 14.6. The molecule has 0 aliphatic carbocycles. The van der Waals surface area contributed by atoms with Crippen LogP contribution in [0.15, 0.2) is 0 Å². The predicted molar refractivity (Wildman–Crippen MR) is 85.7 cm³/mol. The summed E-state index contributed by atoms with van der Waals surface area (Å²) >= 11 is 0. The Morgan fingerprint density at radius 1 is 0.696 bits per heavy atom. The second kappa shape index (κ2) is 14.0. The first kappa shape index (κ1) is 21.4. The molecule has 0 radical (unpaired) electrons. The maximum Gasteiger partial charge on any atom is 0.320 e. The number of esters is 3. The molecule has 23 heavy (non-hydrogen) atoms. The van der Waals surface area contributed by atoms with E-state index in [-0.39, 0.29) is 19.2 Å². The van der Waals surface area contributed by atoms with E-state index in [9.17, 15) is 14.4 Å². The van der Waals surface area contributed by atoms with Gasteiger partial charge in [0.2, 0.25) is 0 Å². The van der Waals surface area contributed by atoms with Crippen LogP contribution in [0.2, 0.25) is 0 Å². The fourth-order valence-electron chi connectivity index (χ4n) is 2.20. The van der Waals surface area contributed by atoms with Crippen molar-refractivity contribution in [2.24, 2.45) is 5.92 Å². The van der Waals surface area contributed by atoms with Crippen LogP contribution in [0.5, 0.6) is 0 Å². The van der Waals surface area contributed by atoms with Crippen molar-refractivity contribution in [2.45, 2.75) is 65.7 Å². The van der Waals surface area contributed by atoms with Gasteiger partial charge < -0.3 is 14.2 Å². The average Bonchev–Trinajstić information content (AvgIpc) is 2.50. The Labute approximate surface area is 138 Å². The van der Waals surface area contributed by atoms with Crippen molar-refractivity contribution in [1.82, 2.24) is 0 Å². The Morgan fingerprint density at radius 2 is 1.17 bits per heavy atom. The first-order valence-corrected chi connectivity index (χ1v) is 8.55. The van der Waals surface area contributed by atoms with E-state index >= 15 is 0 Å². The standard InChI is InChI=1S/C17H30O6/c1-4-21-15(18)13-11-9-7-8-10-12-14(16(19)22-5-2)17(20)23-6-3/h14H,4-13H2,1-3H3. The van der Waals surface area contributed by atoms with Gasteiger partial charge >= 0.3 is 17.9 Å². The summed E-state index contributed by atoms with van der Waals surface area (Å²) in [5, 5.41) is 0. The van der Waals surface area contributed by atoms with Gasteiger partial charge in [-0.2, -0.15) is 0 Å². The van der Waals surface area contributed by atoms with Crippen molar-refractivity contribution in [3.8, 4) is 0 Å². The molecule has 0 N–H and O–H groups in total. The molecule has 0 saturated carbocycles. The van der Waals surface area contributed by atoms with Crippen LogP contribution >= 0.6 is 0 Å². The first-order chi connectivity index (χ1) is 11.1. The minimum absolute atomic E-state index is 0.155. The Kier molecular flexibility index (Phi) is 13.1. The fourth-order valence-corrected chi connectivity index (χ4v) is 2.20. The van der Waals surface area contributed by atoms with E-state index in [4.69, 9.17) is 14.2 Å². The number of unbranched alkanes of at least 4 members (excludes halogenated alkanes) is 4. The van der Waals surface area contributed by atoms with Gasteiger partial charge in [-0.05, 0) is 33.6 Å². The lowest BCUT2D eigenvalue weighted by Crippen LogP contribution is -2.28. The Hall–Kier alpha value is -1.59. The largest absolute Gasteiger partial charge is 0.466 e. The third-order valence-corrected chi connectivity index (χ3v) is 3.32. The van der Waals surface area contributed by atoms with Gasteiger partial charge in [0.1, 0.15) is 0 Å². The van der Waals surface area contributed by atoms with E-state index in [1.54, 1.807) is 20.8 Å². The molecule has 0 spiro atoms. The van der Waals surface area contributed by atoms with Gasteiger partial charge in [-0.25, -0.2) is 0 Å². The summed E-state index contributed by atoms with van der Waals surface area (Å²) in [7, 11) is 0. The molecule has 0 aromatic carbocycles. The molecule has 0 amide bonds. The predicted octanol–water partition coefficient (Wildman–Crippen LogP) is 3.02. The van der Waals surface area contributed by atoms with E-state index in [0.29, 0.717) is 19.4 Å². The van der Waals surface area contributed by atoms with Crippen LogP contribution in [0.4, 0.5) is 0 Å². The van der Waals surface area contributed by atoms with Crippen molar-refractivity contribution in [3.05, 3.63) is 0 Å². The second-order valence-electron chi connectivity index (χ2n) is 5.17. The molecule has 0 aromatic rings. The zero-order chi connectivity index (χ0) is 17.5. The summed E-state index contributed by atoms with van der Waals surface area (Å²) in [4.78, 5) is 34.7. The number of carbonyl (C=O) groups is 3. The van der Waals surface area contributed by atoms with Gasteiger partial charge in [-0.15, -0.1) is 0 Å². The molecule has 6 heteroatoms. The van der Waals surface area contributed by atoms with Crippen molar-refractivity contribution in [3.63, 3.8) is 0 Å².